The fraction of sp³-hybridized carbons (Fsp3) is 0.278. The number of hydrogen-bond donors (Lipinski definition) is 2. The first-order valence-electron chi connectivity index (χ1n) is 8.18. The van der Waals surface area contributed by atoms with Gasteiger partial charge in [0.1, 0.15) is 18.0 Å². The summed E-state index contributed by atoms with van der Waals surface area (Å²) in [6.07, 6.45) is 4.11. The van der Waals surface area contributed by atoms with Gasteiger partial charge in [0.15, 0.2) is 0 Å². The average Bonchev–Trinajstić information content (AvgIpc) is 3.28. The molecule has 0 unspecified atom stereocenters. The molecular weight excluding hydrogens is 323 g/mol. The van der Waals surface area contributed by atoms with Gasteiger partial charge in [-0.15, -0.1) is 10.2 Å². The topological polar surface area (TPSA) is 83.9 Å². The van der Waals surface area contributed by atoms with Crippen molar-refractivity contribution in [2.45, 2.75) is 31.5 Å². The highest BCUT2D eigenvalue weighted by atomic mass is 19.1. The Hall–Kier alpha value is -2.96. The summed E-state index contributed by atoms with van der Waals surface area (Å²) in [6, 6.07) is 8.65. The summed E-state index contributed by atoms with van der Waals surface area (Å²) in [5, 5.41) is 25.0. The molecule has 2 aromatic heterocycles. The van der Waals surface area contributed by atoms with Gasteiger partial charge < -0.3 is 9.84 Å². The summed E-state index contributed by atoms with van der Waals surface area (Å²) in [4.78, 5) is 0. The zero-order valence-corrected chi connectivity index (χ0v) is 13.4. The Balaban J connectivity index is 1.53. The fourth-order valence-electron chi connectivity index (χ4n) is 3.03. The Bertz CT molecular complexity index is 852. The Morgan fingerprint density at radius 3 is 2.68 bits per heavy atom. The van der Waals surface area contributed by atoms with Gasteiger partial charge in [0.2, 0.25) is 5.88 Å². The van der Waals surface area contributed by atoms with Crippen LogP contribution in [0.15, 0.2) is 42.7 Å². The molecule has 0 spiro atoms. The molecule has 25 heavy (non-hydrogen) atoms. The first-order chi connectivity index (χ1) is 12.2. The van der Waals surface area contributed by atoms with Crippen LogP contribution in [-0.4, -0.2) is 37.8 Å². The van der Waals surface area contributed by atoms with Crippen LogP contribution in [0.1, 0.15) is 19.3 Å². The Morgan fingerprint density at radius 1 is 1.12 bits per heavy atom. The molecule has 0 radical (unpaired) electrons. The Labute approximate surface area is 143 Å². The molecule has 1 aliphatic rings. The molecule has 1 aliphatic carbocycles. The lowest BCUT2D eigenvalue weighted by molar-refractivity contribution is 0.119. The number of phenols is 1. The van der Waals surface area contributed by atoms with E-state index in [0.717, 1.165) is 17.5 Å². The molecule has 6 nitrogen and oxygen atoms in total. The second kappa shape index (κ2) is 6.51. The summed E-state index contributed by atoms with van der Waals surface area (Å²) >= 11 is 0. The second-order valence-electron chi connectivity index (χ2n) is 6.08. The van der Waals surface area contributed by atoms with Crippen LogP contribution in [0.2, 0.25) is 0 Å². The molecule has 7 heteroatoms. The van der Waals surface area contributed by atoms with E-state index in [-0.39, 0.29) is 5.75 Å². The van der Waals surface area contributed by atoms with Crippen molar-refractivity contribution in [2.24, 2.45) is 0 Å². The molecule has 0 saturated heterocycles. The highest BCUT2D eigenvalue weighted by Gasteiger charge is 2.29. The van der Waals surface area contributed by atoms with E-state index in [2.05, 4.69) is 20.4 Å². The molecule has 3 aromatic rings. The number of nitrogens with zero attached hydrogens (tertiary/aromatic N) is 3. The molecule has 0 bridgehead atoms. The minimum absolute atomic E-state index is 0.0984. The van der Waals surface area contributed by atoms with Crippen molar-refractivity contribution in [3.05, 3.63) is 42.7 Å². The molecular formula is C18H17FN4O2. The predicted molar refractivity (Wildman–Crippen MR) is 89.9 cm³/mol. The highest BCUT2D eigenvalue weighted by molar-refractivity contribution is 5.73. The van der Waals surface area contributed by atoms with Gasteiger partial charge in [-0.05, 0) is 43.0 Å². The minimum atomic E-state index is -0.944. The van der Waals surface area contributed by atoms with Gasteiger partial charge in [0, 0.05) is 23.4 Å². The number of aromatic hydroxyl groups is 1. The van der Waals surface area contributed by atoms with E-state index in [4.69, 9.17) is 4.74 Å². The number of alkyl halides is 1. The second-order valence-corrected chi connectivity index (χ2v) is 6.08. The van der Waals surface area contributed by atoms with Crippen LogP contribution in [0.4, 0.5) is 4.39 Å². The molecule has 2 atom stereocenters. The summed E-state index contributed by atoms with van der Waals surface area (Å²) < 4.78 is 19.2. The first-order valence-corrected chi connectivity index (χ1v) is 8.18. The number of aromatic amines is 1. The van der Waals surface area contributed by atoms with Crippen LogP contribution in [0.5, 0.6) is 11.6 Å². The normalized spacial score (nSPS) is 19.9. The lowest BCUT2D eigenvalue weighted by Gasteiger charge is -2.14. The third-order valence-electron chi connectivity index (χ3n) is 4.39. The van der Waals surface area contributed by atoms with Gasteiger partial charge in [0.25, 0.3) is 0 Å². The number of nitrogens with one attached hydrogen (secondary N) is 1. The number of halogens is 1. The Morgan fingerprint density at radius 2 is 2.04 bits per heavy atom. The van der Waals surface area contributed by atoms with Gasteiger partial charge in [-0.3, -0.25) is 5.10 Å². The van der Waals surface area contributed by atoms with Crippen LogP contribution >= 0.6 is 0 Å². The van der Waals surface area contributed by atoms with Crippen LogP contribution < -0.4 is 4.74 Å². The number of aromatic nitrogens is 4. The highest BCUT2D eigenvalue weighted by Crippen LogP contribution is 2.32. The summed E-state index contributed by atoms with van der Waals surface area (Å²) in [6.45, 7) is 0. The van der Waals surface area contributed by atoms with E-state index in [9.17, 15) is 9.50 Å². The quantitative estimate of drug-likeness (QED) is 0.759. The molecule has 0 amide bonds. The van der Waals surface area contributed by atoms with Gasteiger partial charge in [-0.25, -0.2) is 4.39 Å². The van der Waals surface area contributed by atoms with Gasteiger partial charge in [-0.1, -0.05) is 6.07 Å². The molecule has 0 aliphatic heterocycles. The first kappa shape index (κ1) is 15.6. The molecule has 2 heterocycles. The zero-order valence-electron chi connectivity index (χ0n) is 13.4. The Kier molecular flexibility index (Phi) is 4.05. The van der Waals surface area contributed by atoms with Crippen molar-refractivity contribution in [3.8, 4) is 34.0 Å². The maximum absolute atomic E-state index is 13.6. The zero-order chi connectivity index (χ0) is 17.2. The van der Waals surface area contributed by atoms with E-state index in [1.54, 1.807) is 36.7 Å². The van der Waals surface area contributed by atoms with Crippen LogP contribution in [-0.2, 0) is 0 Å². The minimum Gasteiger partial charge on any atom is -0.507 e. The van der Waals surface area contributed by atoms with Gasteiger partial charge in [0.05, 0.1) is 11.9 Å². The summed E-state index contributed by atoms with van der Waals surface area (Å²) in [7, 11) is 0. The summed E-state index contributed by atoms with van der Waals surface area (Å²) in [5.41, 5.74) is 2.81. The lowest BCUT2D eigenvalue weighted by Crippen LogP contribution is -2.22. The van der Waals surface area contributed by atoms with E-state index in [1.165, 1.54) is 0 Å². The maximum Gasteiger partial charge on any atom is 0.233 e. The third kappa shape index (κ3) is 3.17. The van der Waals surface area contributed by atoms with Crippen molar-refractivity contribution in [1.82, 2.24) is 20.4 Å². The van der Waals surface area contributed by atoms with Crippen LogP contribution in [0, 0.1) is 0 Å². The molecule has 1 fully saturated rings. The number of phenolic OH excluding ortho intramolecular Hbond substituents is 1. The van der Waals surface area contributed by atoms with E-state index < -0.39 is 12.3 Å². The van der Waals surface area contributed by atoms with Crippen molar-refractivity contribution in [1.29, 1.82) is 0 Å². The maximum atomic E-state index is 13.6. The van der Waals surface area contributed by atoms with Crippen molar-refractivity contribution in [3.63, 3.8) is 0 Å². The van der Waals surface area contributed by atoms with Crippen molar-refractivity contribution in [2.75, 3.05) is 0 Å². The molecule has 1 aromatic carbocycles. The predicted octanol–water partition coefficient (Wildman–Crippen LogP) is 3.51. The number of ether oxygens (including phenoxy) is 1. The average molecular weight is 340 g/mol. The van der Waals surface area contributed by atoms with E-state index >= 15 is 0 Å². The number of benzene rings is 1. The fourth-order valence-corrected chi connectivity index (χ4v) is 3.03. The standard InChI is InChI=1S/C18H17FN4O2/c19-14-2-1-3-17(14)25-18-7-6-15(22-23-18)13-5-4-11(8-16(13)24)12-9-20-21-10-12/h4-10,14,17,24H,1-3H2,(H,20,21)/t14-,17-/m0/s1. The SMILES string of the molecule is Oc1cc(-c2cn[nH]c2)ccc1-c1ccc(O[C@H]2CCC[C@@H]2F)nn1. The van der Waals surface area contributed by atoms with Crippen LogP contribution in [0.25, 0.3) is 22.4 Å². The number of rotatable bonds is 4. The monoisotopic (exact) mass is 340 g/mol. The number of hydrogen-bond acceptors (Lipinski definition) is 5. The smallest absolute Gasteiger partial charge is 0.233 e. The van der Waals surface area contributed by atoms with Crippen molar-refractivity contribution < 1.29 is 14.2 Å². The molecule has 128 valence electrons. The molecule has 2 N–H and O–H groups in total. The lowest BCUT2D eigenvalue weighted by atomic mass is 10.0. The summed E-state index contributed by atoms with van der Waals surface area (Å²) in [5.74, 6) is 0.397. The molecule has 4 rings (SSSR count). The van der Waals surface area contributed by atoms with Crippen molar-refractivity contribution >= 4 is 0 Å². The van der Waals surface area contributed by atoms with Gasteiger partial charge >= 0.3 is 0 Å². The number of H-pyrrole nitrogens is 1. The van der Waals surface area contributed by atoms with Gasteiger partial charge in [-0.2, -0.15) is 5.10 Å². The molecule has 1 saturated carbocycles. The van der Waals surface area contributed by atoms with E-state index in [1.807, 2.05) is 6.07 Å². The van der Waals surface area contributed by atoms with E-state index in [0.29, 0.717) is 30.0 Å². The largest absolute Gasteiger partial charge is 0.507 e. The third-order valence-corrected chi connectivity index (χ3v) is 4.39. The van der Waals surface area contributed by atoms with Crippen LogP contribution in [0.3, 0.4) is 0 Å².